The quantitative estimate of drug-likeness (QED) is 0.569. The van der Waals surface area contributed by atoms with Crippen LogP contribution in [0.25, 0.3) is 11.3 Å². The van der Waals surface area contributed by atoms with E-state index < -0.39 is 11.9 Å². The molecule has 0 aliphatic carbocycles. The fourth-order valence-electron chi connectivity index (χ4n) is 3.85. The molecule has 0 radical (unpaired) electrons. The van der Waals surface area contributed by atoms with Crippen molar-refractivity contribution >= 4 is 23.2 Å². The number of rotatable bonds is 5. The van der Waals surface area contributed by atoms with Crippen LogP contribution >= 0.6 is 11.6 Å². The van der Waals surface area contributed by atoms with Crippen LogP contribution in [0.2, 0.25) is 5.02 Å². The number of amides is 1. The van der Waals surface area contributed by atoms with Crippen LogP contribution in [0.3, 0.4) is 0 Å². The molecular weight excluding hydrogens is 447 g/mol. The largest absolute Gasteiger partial charge is 0.497 e. The van der Waals surface area contributed by atoms with Gasteiger partial charge in [-0.15, -0.1) is 0 Å². The summed E-state index contributed by atoms with van der Waals surface area (Å²) in [6.45, 7) is 3.79. The van der Waals surface area contributed by atoms with E-state index in [-0.39, 0.29) is 16.5 Å². The van der Waals surface area contributed by atoms with E-state index >= 15 is 0 Å². The van der Waals surface area contributed by atoms with Gasteiger partial charge < -0.3 is 14.5 Å². The van der Waals surface area contributed by atoms with Gasteiger partial charge in [-0.05, 0) is 55.5 Å². The topological polar surface area (TPSA) is 67.7 Å². The first kappa shape index (κ1) is 22.8. The Morgan fingerprint density at radius 2 is 1.76 bits per heavy atom. The Kier molecular flexibility index (Phi) is 6.65. The molecule has 33 heavy (non-hydrogen) atoms. The normalized spacial score (nSPS) is 14.8. The molecule has 0 saturated carbocycles. The molecule has 4 rings (SSSR count). The molecule has 2 aromatic carbocycles. The van der Waals surface area contributed by atoms with E-state index in [4.69, 9.17) is 16.3 Å². The average molecular weight is 471 g/mol. The number of benzene rings is 2. The van der Waals surface area contributed by atoms with Gasteiger partial charge in [0.15, 0.2) is 0 Å². The Morgan fingerprint density at radius 3 is 2.39 bits per heavy atom. The van der Waals surface area contributed by atoms with Crippen molar-refractivity contribution in [3.05, 3.63) is 75.8 Å². The van der Waals surface area contributed by atoms with E-state index in [9.17, 15) is 14.0 Å². The average Bonchev–Trinajstić information content (AvgIpc) is 2.85. The third-order valence-electron chi connectivity index (χ3n) is 5.79. The molecule has 2 heterocycles. The number of anilines is 1. The molecule has 1 amide bonds. The second kappa shape index (κ2) is 9.62. The summed E-state index contributed by atoms with van der Waals surface area (Å²) in [6.07, 6.45) is 0. The van der Waals surface area contributed by atoms with E-state index in [2.05, 4.69) is 10.00 Å². The number of piperazine rings is 1. The summed E-state index contributed by atoms with van der Waals surface area (Å²) in [7, 11) is 1.59. The van der Waals surface area contributed by atoms with E-state index in [1.807, 2.05) is 24.3 Å². The highest BCUT2D eigenvalue weighted by Gasteiger charge is 2.27. The first-order chi connectivity index (χ1) is 15.9. The predicted octanol–water partition coefficient (Wildman–Crippen LogP) is 3.62. The summed E-state index contributed by atoms with van der Waals surface area (Å²) in [4.78, 5) is 29.4. The van der Waals surface area contributed by atoms with Crippen LogP contribution < -0.4 is 15.2 Å². The standard InChI is InChI=1S/C24H24ClFN4O3/c1-16(30-23(31)10-9-22(27-30)17-3-6-19(33-2)7-4-17)24(32)29-13-11-28(12-14-29)18-5-8-21(26)20(25)15-18/h3-10,15-16H,11-14H2,1-2H3. The first-order valence-electron chi connectivity index (χ1n) is 10.6. The van der Waals surface area contributed by atoms with Gasteiger partial charge in [-0.3, -0.25) is 9.59 Å². The lowest BCUT2D eigenvalue weighted by Crippen LogP contribution is -2.51. The molecule has 0 bridgehead atoms. The summed E-state index contributed by atoms with van der Waals surface area (Å²) >= 11 is 5.90. The van der Waals surface area contributed by atoms with Crippen LogP contribution in [0.15, 0.2) is 59.4 Å². The number of carbonyl (C=O) groups excluding carboxylic acids is 1. The first-order valence-corrected chi connectivity index (χ1v) is 11.0. The molecule has 0 spiro atoms. The zero-order valence-corrected chi connectivity index (χ0v) is 19.1. The van der Waals surface area contributed by atoms with Crippen molar-refractivity contribution < 1.29 is 13.9 Å². The Balaban J connectivity index is 1.46. The minimum atomic E-state index is -0.748. The predicted molar refractivity (Wildman–Crippen MR) is 125 cm³/mol. The molecule has 7 nitrogen and oxygen atoms in total. The molecule has 3 aromatic rings. The molecular formula is C24H24ClFN4O3. The van der Waals surface area contributed by atoms with Crippen molar-refractivity contribution in [2.45, 2.75) is 13.0 Å². The van der Waals surface area contributed by atoms with Gasteiger partial charge >= 0.3 is 0 Å². The Bertz CT molecular complexity index is 1210. The van der Waals surface area contributed by atoms with Gasteiger partial charge in [0.25, 0.3) is 5.56 Å². The molecule has 1 aliphatic rings. The van der Waals surface area contributed by atoms with Gasteiger partial charge in [0.05, 0.1) is 17.8 Å². The Labute approximate surface area is 196 Å². The maximum absolute atomic E-state index is 13.4. The van der Waals surface area contributed by atoms with E-state index in [0.29, 0.717) is 31.9 Å². The van der Waals surface area contributed by atoms with Crippen molar-refractivity contribution in [2.24, 2.45) is 0 Å². The number of methoxy groups -OCH3 is 1. The smallest absolute Gasteiger partial charge is 0.267 e. The maximum Gasteiger partial charge on any atom is 0.267 e. The highest BCUT2D eigenvalue weighted by Crippen LogP contribution is 2.24. The van der Waals surface area contributed by atoms with E-state index in [1.165, 1.54) is 16.8 Å². The number of halogens is 2. The van der Waals surface area contributed by atoms with E-state index in [0.717, 1.165) is 17.0 Å². The van der Waals surface area contributed by atoms with Gasteiger partial charge in [-0.2, -0.15) is 5.10 Å². The van der Waals surface area contributed by atoms with Crippen molar-refractivity contribution in [1.82, 2.24) is 14.7 Å². The molecule has 0 N–H and O–H groups in total. The number of nitrogens with zero attached hydrogens (tertiary/aromatic N) is 4. The molecule has 9 heteroatoms. The van der Waals surface area contributed by atoms with Gasteiger partial charge in [0, 0.05) is 43.5 Å². The number of hydrogen-bond acceptors (Lipinski definition) is 5. The fourth-order valence-corrected chi connectivity index (χ4v) is 4.03. The Hall–Kier alpha value is -3.39. The van der Waals surface area contributed by atoms with Crippen LogP contribution in [0, 0.1) is 5.82 Å². The lowest BCUT2D eigenvalue weighted by molar-refractivity contribution is -0.135. The minimum Gasteiger partial charge on any atom is -0.497 e. The van der Waals surface area contributed by atoms with Gasteiger partial charge in [0.2, 0.25) is 5.91 Å². The van der Waals surface area contributed by atoms with Crippen molar-refractivity contribution in [2.75, 3.05) is 38.2 Å². The lowest BCUT2D eigenvalue weighted by atomic mass is 10.1. The summed E-state index contributed by atoms with van der Waals surface area (Å²) < 4.78 is 19.9. The summed E-state index contributed by atoms with van der Waals surface area (Å²) in [5.74, 6) is 0.0869. The molecule has 1 unspecified atom stereocenters. The second-order valence-corrected chi connectivity index (χ2v) is 8.22. The van der Waals surface area contributed by atoms with Crippen LogP contribution in [-0.4, -0.2) is 53.9 Å². The third kappa shape index (κ3) is 4.85. The Morgan fingerprint density at radius 1 is 1.06 bits per heavy atom. The summed E-state index contributed by atoms with van der Waals surface area (Å²) in [5.41, 5.74) is 1.88. The monoisotopic (exact) mass is 470 g/mol. The number of ether oxygens (including phenoxy) is 1. The van der Waals surface area contributed by atoms with Crippen molar-refractivity contribution in [1.29, 1.82) is 0 Å². The summed E-state index contributed by atoms with van der Waals surface area (Å²) in [6, 6.07) is 14.3. The molecule has 1 fully saturated rings. The minimum absolute atomic E-state index is 0.0711. The SMILES string of the molecule is COc1ccc(-c2ccc(=O)n(C(C)C(=O)N3CCN(c4ccc(F)c(Cl)c4)CC3)n2)cc1. The van der Waals surface area contributed by atoms with E-state index in [1.54, 1.807) is 37.1 Å². The molecule has 1 saturated heterocycles. The maximum atomic E-state index is 13.4. The highest BCUT2D eigenvalue weighted by atomic mass is 35.5. The van der Waals surface area contributed by atoms with Crippen molar-refractivity contribution in [3.63, 3.8) is 0 Å². The van der Waals surface area contributed by atoms with Crippen LogP contribution in [0.1, 0.15) is 13.0 Å². The van der Waals surface area contributed by atoms with Gasteiger partial charge in [-0.25, -0.2) is 9.07 Å². The van der Waals surface area contributed by atoms with Gasteiger partial charge in [0.1, 0.15) is 17.6 Å². The lowest BCUT2D eigenvalue weighted by Gasteiger charge is -2.37. The highest BCUT2D eigenvalue weighted by molar-refractivity contribution is 6.31. The van der Waals surface area contributed by atoms with Crippen LogP contribution in [0.4, 0.5) is 10.1 Å². The number of hydrogen-bond donors (Lipinski definition) is 0. The molecule has 1 aromatic heterocycles. The molecule has 1 aliphatic heterocycles. The second-order valence-electron chi connectivity index (χ2n) is 7.82. The zero-order chi connectivity index (χ0) is 23.5. The van der Waals surface area contributed by atoms with Gasteiger partial charge in [-0.1, -0.05) is 11.6 Å². The fraction of sp³-hybridized carbons (Fsp3) is 0.292. The number of aromatic nitrogens is 2. The van der Waals surface area contributed by atoms with Crippen molar-refractivity contribution in [3.8, 4) is 17.0 Å². The third-order valence-corrected chi connectivity index (χ3v) is 6.08. The zero-order valence-electron chi connectivity index (χ0n) is 18.4. The molecule has 172 valence electrons. The number of carbonyl (C=O) groups is 1. The molecule has 1 atom stereocenters. The van der Waals surface area contributed by atoms with Crippen LogP contribution in [-0.2, 0) is 4.79 Å². The van der Waals surface area contributed by atoms with Crippen LogP contribution in [0.5, 0.6) is 5.75 Å². The summed E-state index contributed by atoms with van der Waals surface area (Å²) in [5, 5.41) is 4.52.